The number of hydrogen-bond donors (Lipinski definition) is 0. The van der Waals surface area contributed by atoms with Gasteiger partial charge < -0.3 is 0 Å². The van der Waals surface area contributed by atoms with E-state index in [0.717, 1.165) is 11.8 Å². The Hall–Kier alpha value is 0.539. The quantitative estimate of drug-likeness (QED) is 0.182. The summed E-state index contributed by atoms with van der Waals surface area (Å²) < 4.78 is 6.32. The van der Waals surface area contributed by atoms with E-state index in [1.54, 1.807) is 13.3 Å². The van der Waals surface area contributed by atoms with Crippen LogP contribution in [0.5, 0.6) is 0 Å². The van der Waals surface area contributed by atoms with Crippen LogP contribution in [0, 0.1) is 11.8 Å². The first-order valence-corrected chi connectivity index (χ1v) is 18.5. The third-order valence-corrected chi connectivity index (χ3v) is 24.5. The SMILES string of the molecule is C=CC[C@H]1[C@H](CCCC)[C@H]1[Sn]([CH2]CCC)([CH2]CCC)[CH2]CCC. The van der Waals surface area contributed by atoms with Gasteiger partial charge in [-0.15, -0.1) is 0 Å². The summed E-state index contributed by atoms with van der Waals surface area (Å²) in [6.07, 6.45) is 16.8. The first-order chi connectivity index (χ1) is 11.2. The third kappa shape index (κ3) is 6.40. The van der Waals surface area contributed by atoms with Crippen LogP contribution in [0.1, 0.15) is 91.9 Å². The fraction of sp³-hybridized carbons (Fsp3) is 0.909. The molecule has 0 aromatic heterocycles. The van der Waals surface area contributed by atoms with Crippen LogP contribution in [0.2, 0.25) is 17.2 Å². The van der Waals surface area contributed by atoms with Gasteiger partial charge in [-0.1, -0.05) is 0 Å². The van der Waals surface area contributed by atoms with Crippen LogP contribution in [0.3, 0.4) is 0 Å². The van der Waals surface area contributed by atoms with Crippen molar-refractivity contribution in [3.05, 3.63) is 12.7 Å². The second kappa shape index (κ2) is 12.0. The minimum atomic E-state index is -1.98. The molecular weight excluding hydrogens is 383 g/mol. The van der Waals surface area contributed by atoms with Gasteiger partial charge in [-0.2, -0.15) is 0 Å². The Morgan fingerprint density at radius 3 is 1.61 bits per heavy atom. The second-order valence-corrected chi connectivity index (χ2v) is 22.2. The van der Waals surface area contributed by atoms with Gasteiger partial charge in [0.25, 0.3) is 0 Å². The summed E-state index contributed by atoms with van der Waals surface area (Å²) in [4.78, 5) is 0. The fourth-order valence-corrected chi connectivity index (χ4v) is 26.4. The van der Waals surface area contributed by atoms with E-state index in [-0.39, 0.29) is 0 Å². The van der Waals surface area contributed by atoms with Crippen LogP contribution in [-0.2, 0) is 0 Å². The molecule has 136 valence electrons. The monoisotopic (exact) mass is 428 g/mol. The van der Waals surface area contributed by atoms with Crippen LogP contribution in [0.15, 0.2) is 12.7 Å². The van der Waals surface area contributed by atoms with E-state index in [9.17, 15) is 0 Å². The first-order valence-electron chi connectivity index (χ1n) is 10.8. The molecule has 0 saturated heterocycles. The van der Waals surface area contributed by atoms with Gasteiger partial charge in [0.15, 0.2) is 0 Å². The first kappa shape index (κ1) is 21.6. The molecule has 1 fully saturated rings. The molecule has 3 atom stereocenters. The maximum absolute atomic E-state index is 4.08. The van der Waals surface area contributed by atoms with Crippen LogP contribution in [0.4, 0.5) is 0 Å². The zero-order chi connectivity index (χ0) is 17.1. The van der Waals surface area contributed by atoms with E-state index < -0.39 is 18.4 Å². The molecule has 0 N–H and O–H groups in total. The van der Waals surface area contributed by atoms with E-state index in [4.69, 9.17) is 0 Å². The van der Waals surface area contributed by atoms with Crippen molar-refractivity contribution in [2.45, 2.75) is 109 Å². The Balaban J connectivity index is 2.90. The van der Waals surface area contributed by atoms with Gasteiger partial charge in [-0.25, -0.2) is 0 Å². The molecule has 0 radical (unpaired) electrons. The van der Waals surface area contributed by atoms with Crippen LogP contribution >= 0.6 is 0 Å². The molecular formula is C22H44Sn. The van der Waals surface area contributed by atoms with Gasteiger partial charge in [0.05, 0.1) is 0 Å². The molecule has 0 aliphatic heterocycles. The molecule has 0 bridgehead atoms. The summed E-state index contributed by atoms with van der Waals surface area (Å²) in [6.45, 7) is 13.6. The van der Waals surface area contributed by atoms with Crippen LogP contribution in [-0.4, -0.2) is 18.4 Å². The molecule has 1 aliphatic carbocycles. The zero-order valence-corrected chi connectivity index (χ0v) is 19.6. The molecule has 0 heterocycles. The standard InChI is InChI=1S/C10H17.3C4H9.Sn/c1-3-5-7-10-8-9(10)6-4-2;3*1-3-4-2;/h4,8-10H,2-3,5-7H2,1H3;3*1,3-4H2,2H3;/t9-,10-;;;;/m1..../s1. The van der Waals surface area contributed by atoms with Gasteiger partial charge in [0.2, 0.25) is 0 Å². The van der Waals surface area contributed by atoms with Crippen molar-refractivity contribution in [2.24, 2.45) is 11.8 Å². The van der Waals surface area contributed by atoms with Crippen LogP contribution in [0.25, 0.3) is 0 Å². The molecule has 0 aromatic rings. The minimum absolute atomic E-state index is 1.06. The summed E-state index contributed by atoms with van der Waals surface area (Å²) in [5.74, 6) is 2.16. The molecule has 0 aromatic carbocycles. The van der Waals surface area contributed by atoms with Crippen molar-refractivity contribution in [2.75, 3.05) is 0 Å². The predicted octanol–water partition coefficient (Wildman–Crippen LogP) is 8.22. The molecule has 0 nitrogen and oxygen atoms in total. The van der Waals surface area contributed by atoms with Gasteiger partial charge in [0, 0.05) is 0 Å². The average Bonchev–Trinajstić information content (AvgIpc) is 3.26. The number of unbranched alkanes of at least 4 members (excludes halogenated alkanes) is 4. The molecule has 1 heteroatoms. The van der Waals surface area contributed by atoms with Crippen molar-refractivity contribution >= 4 is 18.4 Å². The molecule has 1 aliphatic rings. The predicted molar refractivity (Wildman–Crippen MR) is 110 cm³/mol. The van der Waals surface area contributed by atoms with Gasteiger partial charge in [-0.3, -0.25) is 0 Å². The van der Waals surface area contributed by atoms with Crippen molar-refractivity contribution in [1.82, 2.24) is 0 Å². The van der Waals surface area contributed by atoms with E-state index >= 15 is 0 Å². The number of hydrogen-bond acceptors (Lipinski definition) is 0. The summed E-state index contributed by atoms with van der Waals surface area (Å²) in [6, 6.07) is 0. The number of rotatable bonds is 15. The zero-order valence-electron chi connectivity index (χ0n) is 16.7. The molecule has 23 heavy (non-hydrogen) atoms. The third-order valence-electron chi connectivity index (χ3n) is 6.45. The number of allylic oxidation sites excluding steroid dienone is 1. The summed E-state index contributed by atoms with van der Waals surface area (Å²) >= 11 is -1.98. The van der Waals surface area contributed by atoms with Crippen molar-refractivity contribution in [1.29, 1.82) is 0 Å². The normalized spacial score (nSPS) is 23.9. The van der Waals surface area contributed by atoms with E-state index in [1.807, 2.05) is 0 Å². The summed E-state index contributed by atoms with van der Waals surface area (Å²) in [5, 5.41) is 0. The Morgan fingerprint density at radius 1 is 0.739 bits per heavy atom. The van der Waals surface area contributed by atoms with Crippen molar-refractivity contribution < 1.29 is 0 Å². The van der Waals surface area contributed by atoms with Gasteiger partial charge in [-0.05, 0) is 0 Å². The van der Waals surface area contributed by atoms with Crippen LogP contribution < -0.4 is 0 Å². The van der Waals surface area contributed by atoms with E-state index in [1.165, 1.54) is 68.1 Å². The topological polar surface area (TPSA) is 0 Å². The van der Waals surface area contributed by atoms with Crippen molar-refractivity contribution in [3.8, 4) is 0 Å². The second-order valence-electron chi connectivity index (χ2n) is 8.19. The Kier molecular flexibility index (Phi) is 11.2. The molecule has 0 amide bonds. The molecule has 1 saturated carbocycles. The summed E-state index contributed by atoms with van der Waals surface area (Å²) in [7, 11) is 0. The Bertz CT molecular complexity index is 287. The van der Waals surface area contributed by atoms with E-state index in [2.05, 4.69) is 40.3 Å². The van der Waals surface area contributed by atoms with Gasteiger partial charge >= 0.3 is 152 Å². The fourth-order valence-electron chi connectivity index (χ4n) is 5.16. The van der Waals surface area contributed by atoms with Gasteiger partial charge in [0.1, 0.15) is 0 Å². The average molecular weight is 427 g/mol. The molecule has 1 rings (SSSR count). The Morgan fingerprint density at radius 2 is 1.22 bits per heavy atom. The molecule has 0 unspecified atom stereocenters. The molecule has 0 spiro atoms. The maximum atomic E-state index is 4.08. The summed E-state index contributed by atoms with van der Waals surface area (Å²) in [5.41, 5.74) is 0. The van der Waals surface area contributed by atoms with E-state index in [0.29, 0.717) is 0 Å². The Labute approximate surface area is 151 Å². The van der Waals surface area contributed by atoms with Crippen molar-refractivity contribution in [3.63, 3.8) is 0 Å².